The highest BCUT2D eigenvalue weighted by molar-refractivity contribution is 5.38. The lowest BCUT2D eigenvalue weighted by Crippen LogP contribution is -1.91. The highest BCUT2D eigenvalue weighted by atomic mass is 16.1. The minimum Gasteiger partial charge on any atom is -0.290 e. The van der Waals surface area contributed by atoms with E-state index in [2.05, 4.69) is 6.92 Å². The molecule has 0 aromatic heterocycles. The fourth-order valence-electron chi connectivity index (χ4n) is 2.17. The first-order valence-corrected chi connectivity index (χ1v) is 4.82. The van der Waals surface area contributed by atoms with E-state index in [1.165, 1.54) is 17.5 Å². The van der Waals surface area contributed by atoms with Gasteiger partial charge < -0.3 is 0 Å². The van der Waals surface area contributed by atoms with Crippen LogP contribution >= 0.6 is 0 Å². The summed E-state index contributed by atoms with van der Waals surface area (Å²) in [5.41, 5.74) is 4.06. The number of rotatable bonds is 0. The van der Waals surface area contributed by atoms with E-state index in [1.54, 1.807) is 12.1 Å². The predicted molar refractivity (Wildman–Crippen MR) is 54.2 cm³/mol. The van der Waals surface area contributed by atoms with Crippen LogP contribution in [0.15, 0.2) is 23.0 Å². The molecule has 0 saturated carbocycles. The maximum Gasteiger partial charge on any atom is 0.178 e. The largest absolute Gasteiger partial charge is 0.290 e. The van der Waals surface area contributed by atoms with Crippen LogP contribution in [0, 0.1) is 6.92 Å². The van der Waals surface area contributed by atoms with Gasteiger partial charge in [0, 0.05) is 0 Å². The summed E-state index contributed by atoms with van der Waals surface area (Å²) in [5.74, 6) is 0.625. The van der Waals surface area contributed by atoms with E-state index in [1.807, 2.05) is 13.0 Å². The zero-order chi connectivity index (χ0) is 9.42. The monoisotopic (exact) mass is 174 g/mol. The van der Waals surface area contributed by atoms with Crippen LogP contribution in [0.5, 0.6) is 0 Å². The molecule has 0 spiro atoms. The van der Waals surface area contributed by atoms with E-state index in [9.17, 15) is 4.79 Å². The van der Waals surface area contributed by atoms with Crippen LogP contribution in [0.25, 0.3) is 0 Å². The Morgan fingerprint density at radius 3 is 2.92 bits per heavy atom. The van der Waals surface area contributed by atoms with Gasteiger partial charge in [0.15, 0.2) is 5.43 Å². The highest BCUT2D eigenvalue weighted by Crippen LogP contribution is 2.32. The van der Waals surface area contributed by atoms with Crippen LogP contribution in [0.2, 0.25) is 0 Å². The Kier molecular flexibility index (Phi) is 1.95. The van der Waals surface area contributed by atoms with E-state index in [0.717, 1.165) is 12.0 Å². The van der Waals surface area contributed by atoms with Crippen molar-refractivity contribution >= 4 is 0 Å². The van der Waals surface area contributed by atoms with E-state index in [-0.39, 0.29) is 5.43 Å². The molecule has 1 aliphatic carbocycles. The summed E-state index contributed by atoms with van der Waals surface area (Å²) in [5, 5.41) is 0. The molecule has 68 valence electrons. The molecule has 0 radical (unpaired) electrons. The van der Waals surface area contributed by atoms with Crippen molar-refractivity contribution in [3.8, 4) is 0 Å². The quantitative estimate of drug-likeness (QED) is 0.590. The van der Waals surface area contributed by atoms with Crippen LogP contribution in [0.4, 0.5) is 0 Å². The molecular formula is C12H14O. The second-order valence-corrected chi connectivity index (χ2v) is 3.94. The van der Waals surface area contributed by atoms with Gasteiger partial charge in [-0.1, -0.05) is 13.0 Å². The molecule has 2 rings (SSSR count). The van der Waals surface area contributed by atoms with E-state index in [4.69, 9.17) is 0 Å². The standard InChI is InChI=1S/C12H14O/c1-8-3-5-12-9(2)7-10(13)4-6-11(8)12/h4,6-8H,3,5H2,1-2H3. The third kappa shape index (κ3) is 1.39. The van der Waals surface area contributed by atoms with Gasteiger partial charge in [0.2, 0.25) is 0 Å². The van der Waals surface area contributed by atoms with Gasteiger partial charge in [0.05, 0.1) is 0 Å². The Morgan fingerprint density at radius 2 is 2.15 bits per heavy atom. The fourth-order valence-corrected chi connectivity index (χ4v) is 2.17. The van der Waals surface area contributed by atoms with Crippen molar-refractivity contribution in [1.29, 1.82) is 0 Å². The van der Waals surface area contributed by atoms with Crippen molar-refractivity contribution < 1.29 is 0 Å². The van der Waals surface area contributed by atoms with E-state index >= 15 is 0 Å². The first kappa shape index (κ1) is 8.49. The molecule has 0 heterocycles. The number of fused-ring (bicyclic) bond motifs is 1. The van der Waals surface area contributed by atoms with Crippen LogP contribution in [0.1, 0.15) is 36.0 Å². The summed E-state index contributed by atoms with van der Waals surface area (Å²) in [7, 11) is 0. The summed E-state index contributed by atoms with van der Waals surface area (Å²) in [6.07, 6.45) is 2.37. The molecule has 0 fully saturated rings. The molecule has 1 aromatic rings. The van der Waals surface area contributed by atoms with Gasteiger partial charge >= 0.3 is 0 Å². The van der Waals surface area contributed by atoms with Crippen molar-refractivity contribution in [2.45, 2.75) is 32.6 Å². The Morgan fingerprint density at radius 1 is 1.38 bits per heavy atom. The third-order valence-corrected chi connectivity index (χ3v) is 2.97. The second kappa shape index (κ2) is 2.99. The molecule has 1 unspecified atom stereocenters. The molecule has 1 nitrogen and oxygen atoms in total. The molecular weight excluding hydrogens is 160 g/mol. The van der Waals surface area contributed by atoms with E-state index < -0.39 is 0 Å². The van der Waals surface area contributed by atoms with Gasteiger partial charge in [-0.15, -0.1) is 0 Å². The number of hydrogen-bond donors (Lipinski definition) is 0. The topological polar surface area (TPSA) is 17.1 Å². The lowest BCUT2D eigenvalue weighted by molar-refractivity contribution is 0.746. The number of aryl methyl sites for hydroxylation is 1. The molecule has 1 atom stereocenters. The molecule has 13 heavy (non-hydrogen) atoms. The summed E-state index contributed by atoms with van der Waals surface area (Å²) in [6, 6.07) is 5.44. The fraction of sp³-hybridized carbons (Fsp3) is 0.417. The summed E-state index contributed by atoms with van der Waals surface area (Å²) in [4.78, 5) is 11.2. The van der Waals surface area contributed by atoms with Crippen LogP contribution in [-0.2, 0) is 6.42 Å². The average molecular weight is 174 g/mol. The Balaban J connectivity index is 2.72. The summed E-state index contributed by atoms with van der Waals surface area (Å²) >= 11 is 0. The lowest BCUT2D eigenvalue weighted by Gasteiger charge is -2.00. The van der Waals surface area contributed by atoms with Gasteiger partial charge in [-0.3, -0.25) is 4.79 Å². The SMILES string of the molecule is Cc1cc(=O)ccc2c1CCC2C. The normalized spacial score (nSPS) is 20.0. The van der Waals surface area contributed by atoms with E-state index in [0.29, 0.717) is 5.92 Å². The zero-order valence-corrected chi connectivity index (χ0v) is 8.13. The molecule has 1 heteroatoms. The van der Waals surface area contributed by atoms with Crippen LogP contribution < -0.4 is 5.43 Å². The van der Waals surface area contributed by atoms with Crippen molar-refractivity contribution in [3.63, 3.8) is 0 Å². The Hall–Kier alpha value is -1.11. The van der Waals surface area contributed by atoms with Crippen molar-refractivity contribution in [2.75, 3.05) is 0 Å². The lowest BCUT2D eigenvalue weighted by atomic mass is 10.0. The summed E-state index contributed by atoms with van der Waals surface area (Å²) < 4.78 is 0. The van der Waals surface area contributed by atoms with Crippen LogP contribution in [-0.4, -0.2) is 0 Å². The molecule has 0 bridgehead atoms. The third-order valence-electron chi connectivity index (χ3n) is 2.97. The van der Waals surface area contributed by atoms with Crippen LogP contribution in [0.3, 0.4) is 0 Å². The summed E-state index contributed by atoms with van der Waals surface area (Å²) in [6.45, 7) is 4.27. The predicted octanol–water partition coefficient (Wildman–Crippen LogP) is 2.40. The Labute approximate surface area is 78.4 Å². The van der Waals surface area contributed by atoms with Crippen molar-refractivity contribution in [2.24, 2.45) is 0 Å². The minimum absolute atomic E-state index is 0.124. The van der Waals surface area contributed by atoms with Crippen molar-refractivity contribution in [3.05, 3.63) is 45.1 Å². The molecule has 0 saturated heterocycles. The number of hydrogen-bond acceptors (Lipinski definition) is 1. The smallest absolute Gasteiger partial charge is 0.178 e. The molecule has 0 N–H and O–H groups in total. The zero-order valence-electron chi connectivity index (χ0n) is 8.13. The minimum atomic E-state index is 0.124. The average Bonchev–Trinajstić information content (AvgIpc) is 2.36. The van der Waals surface area contributed by atoms with Crippen molar-refractivity contribution in [1.82, 2.24) is 0 Å². The van der Waals surface area contributed by atoms with Gasteiger partial charge in [0.25, 0.3) is 0 Å². The molecule has 1 aromatic carbocycles. The van der Waals surface area contributed by atoms with Gasteiger partial charge in [0.1, 0.15) is 0 Å². The van der Waals surface area contributed by atoms with Gasteiger partial charge in [-0.2, -0.15) is 0 Å². The first-order chi connectivity index (χ1) is 6.18. The highest BCUT2D eigenvalue weighted by Gasteiger charge is 2.18. The van der Waals surface area contributed by atoms with Gasteiger partial charge in [-0.25, -0.2) is 0 Å². The first-order valence-electron chi connectivity index (χ1n) is 4.82. The maximum absolute atomic E-state index is 11.2. The Bertz CT molecular complexity index is 393. The van der Waals surface area contributed by atoms with Gasteiger partial charge in [-0.05, 0) is 54.5 Å². The molecule has 1 aliphatic rings. The molecule has 0 amide bonds. The second-order valence-electron chi connectivity index (χ2n) is 3.94. The molecule has 0 aliphatic heterocycles. The maximum atomic E-state index is 11.2.